The summed E-state index contributed by atoms with van der Waals surface area (Å²) in [6.07, 6.45) is 18.7. The Balaban J connectivity index is 1.41. The number of nitrogens with zero attached hydrogens (tertiary/aromatic N) is 4. The van der Waals surface area contributed by atoms with Crippen molar-refractivity contribution in [3.63, 3.8) is 0 Å². The molecule has 2 aromatic rings. The van der Waals surface area contributed by atoms with Gasteiger partial charge in [0.15, 0.2) is 0 Å². The van der Waals surface area contributed by atoms with E-state index >= 15 is 0 Å². The van der Waals surface area contributed by atoms with Crippen LogP contribution >= 0.6 is 0 Å². The Hall–Kier alpha value is -2.27. The van der Waals surface area contributed by atoms with E-state index < -0.39 is 0 Å². The number of hydrogen-bond donors (Lipinski definition) is 1. The molecule has 5 heteroatoms. The van der Waals surface area contributed by atoms with Crippen molar-refractivity contribution in [1.29, 1.82) is 0 Å². The van der Waals surface area contributed by atoms with Gasteiger partial charge in [-0.2, -0.15) is 0 Å². The fourth-order valence-electron chi connectivity index (χ4n) is 7.93. The van der Waals surface area contributed by atoms with Crippen LogP contribution in [-0.4, -0.2) is 31.2 Å². The van der Waals surface area contributed by atoms with E-state index in [1.54, 1.807) is 6.20 Å². The lowest BCUT2D eigenvalue weighted by Gasteiger charge is -2.60. The molecule has 0 aliphatic heterocycles. The first-order valence-electron chi connectivity index (χ1n) is 11.9. The highest BCUT2D eigenvalue weighted by Gasteiger charge is 2.59. The third-order valence-electron chi connectivity index (χ3n) is 9.41. The van der Waals surface area contributed by atoms with Crippen molar-refractivity contribution in [2.75, 3.05) is 0 Å². The molecule has 2 fully saturated rings. The van der Waals surface area contributed by atoms with E-state index in [1.807, 2.05) is 18.6 Å². The molecule has 4 aliphatic carbocycles. The van der Waals surface area contributed by atoms with Crippen LogP contribution in [-0.2, 0) is 0 Å². The Morgan fingerprint density at radius 2 is 1.97 bits per heavy atom. The van der Waals surface area contributed by atoms with Gasteiger partial charge in [0.2, 0.25) is 0 Å². The second-order valence-corrected chi connectivity index (χ2v) is 10.7. The van der Waals surface area contributed by atoms with Gasteiger partial charge in [0, 0.05) is 18.6 Å². The zero-order chi connectivity index (χ0) is 21.2. The Morgan fingerprint density at radius 3 is 2.74 bits per heavy atom. The van der Waals surface area contributed by atoms with Crippen LogP contribution in [0.5, 0.6) is 0 Å². The van der Waals surface area contributed by atoms with Gasteiger partial charge >= 0.3 is 0 Å². The van der Waals surface area contributed by atoms with Crippen LogP contribution in [0.1, 0.15) is 64.0 Å². The molecule has 2 aromatic heterocycles. The van der Waals surface area contributed by atoms with Gasteiger partial charge in [0.1, 0.15) is 0 Å². The summed E-state index contributed by atoms with van der Waals surface area (Å²) in [7, 11) is 0. The fourth-order valence-corrected chi connectivity index (χ4v) is 7.93. The molecule has 6 rings (SSSR count). The van der Waals surface area contributed by atoms with Gasteiger partial charge in [-0.15, -0.1) is 5.10 Å². The van der Waals surface area contributed by atoms with Gasteiger partial charge in [-0.05, 0) is 89.9 Å². The van der Waals surface area contributed by atoms with Crippen molar-refractivity contribution in [2.45, 2.75) is 64.5 Å². The molecule has 162 valence electrons. The maximum absolute atomic E-state index is 10.5. The highest BCUT2D eigenvalue weighted by molar-refractivity contribution is 5.72. The summed E-state index contributed by atoms with van der Waals surface area (Å²) >= 11 is 0. The molecule has 0 amide bonds. The molecule has 2 heterocycles. The van der Waals surface area contributed by atoms with Gasteiger partial charge < -0.3 is 5.11 Å². The predicted molar refractivity (Wildman–Crippen MR) is 120 cm³/mol. The van der Waals surface area contributed by atoms with E-state index in [1.165, 1.54) is 29.6 Å². The highest BCUT2D eigenvalue weighted by Crippen LogP contribution is 2.68. The summed E-state index contributed by atoms with van der Waals surface area (Å²) < 4.78 is 2.05. The van der Waals surface area contributed by atoms with E-state index in [0.29, 0.717) is 17.8 Å². The number of aromatic nitrogens is 4. The Bertz CT molecular complexity index is 1030. The molecule has 4 aliphatic rings. The lowest BCUT2D eigenvalue weighted by atomic mass is 9.46. The number of allylic oxidation sites excluding steroid dienone is 3. The fraction of sp³-hybridized carbons (Fsp3) is 0.577. The largest absolute Gasteiger partial charge is 0.389 e. The van der Waals surface area contributed by atoms with Crippen molar-refractivity contribution < 1.29 is 5.11 Å². The van der Waals surface area contributed by atoms with Crippen LogP contribution in [0.2, 0.25) is 0 Å². The SMILES string of the molecule is CC12CCC3C(CC(n4ccnn4)C4=CC(O)CCC43C)C1CC=C2c1cccnc1. The van der Waals surface area contributed by atoms with Crippen molar-refractivity contribution in [2.24, 2.45) is 28.6 Å². The molecule has 2 saturated carbocycles. The first-order valence-corrected chi connectivity index (χ1v) is 11.9. The summed E-state index contributed by atoms with van der Waals surface area (Å²) in [5.74, 6) is 1.97. The standard InChI is InChI=1S/C26H32N4O/c1-25-10-8-22-19(21(25)6-5-20(25)17-4-3-11-27-16-17)15-24(30-13-12-28-29-30)23-14-18(31)7-9-26(22,23)2/h3-5,11-14,16,18-19,21-22,24,31H,6-10,15H2,1-2H3. The molecular weight excluding hydrogens is 384 g/mol. The van der Waals surface area contributed by atoms with Crippen LogP contribution < -0.4 is 0 Å². The smallest absolute Gasteiger partial charge is 0.0755 e. The van der Waals surface area contributed by atoms with Crippen molar-refractivity contribution in [1.82, 2.24) is 20.0 Å². The average molecular weight is 417 g/mol. The minimum Gasteiger partial charge on any atom is -0.389 e. The molecule has 31 heavy (non-hydrogen) atoms. The molecule has 0 saturated heterocycles. The lowest BCUT2D eigenvalue weighted by molar-refractivity contribution is -0.0425. The molecule has 0 spiro atoms. The third kappa shape index (κ3) is 2.75. The van der Waals surface area contributed by atoms with E-state index in [4.69, 9.17) is 0 Å². The molecule has 0 aromatic carbocycles. The first kappa shape index (κ1) is 19.4. The summed E-state index contributed by atoms with van der Waals surface area (Å²) in [5, 5.41) is 19.0. The number of pyridine rings is 1. The second-order valence-electron chi connectivity index (χ2n) is 10.7. The van der Waals surface area contributed by atoms with E-state index in [9.17, 15) is 5.11 Å². The van der Waals surface area contributed by atoms with Crippen LogP contribution in [0.3, 0.4) is 0 Å². The number of fused-ring (bicyclic) bond motifs is 5. The zero-order valence-electron chi connectivity index (χ0n) is 18.5. The number of aliphatic hydroxyl groups is 1. The molecule has 0 radical (unpaired) electrons. The van der Waals surface area contributed by atoms with E-state index in [-0.39, 0.29) is 23.0 Å². The summed E-state index contributed by atoms with van der Waals surface area (Å²) in [4.78, 5) is 4.41. The molecule has 7 atom stereocenters. The Kier molecular flexibility index (Phi) is 4.30. The first-order chi connectivity index (χ1) is 15.0. The number of aliphatic hydroxyl groups excluding tert-OH is 1. The number of hydrogen-bond acceptors (Lipinski definition) is 4. The monoisotopic (exact) mass is 416 g/mol. The maximum Gasteiger partial charge on any atom is 0.0755 e. The second kappa shape index (κ2) is 6.86. The normalized spacial score (nSPS) is 41.6. The molecule has 0 bridgehead atoms. The van der Waals surface area contributed by atoms with Crippen molar-refractivity contribution in [3.8, 4) is 0 Å². The van der Waals surface area contributed by atoms with Crippen LogP contribution in [0.4, 0.5) is 0 Å². The summed E-state index contributed by atoms with van der Waals surface area (Å²) in [6, 6.07) is 4.49. The topological polar surface area (TPSA) is 63.8 Å². The number of rotatable bonds is 2. The lowest BCUT2D eigenvalue weighted by Crippen LogP contribution is -2.52. The van der Waals surface area contributed by atoms with Gasteiger partial charge in [-0.1, -0.05) is 37.3 Å². The van der Waals surface area contributed by atoms with E-state index in [0.717, 1.165) is 25.7 Å². The molecular formula is C26H32N4O. The Labute approximate surface area is 184 Å². The molecule has 1 N–H and O–H groups in total. The third-order valence-corrected chi connectivity index (χ3v) is 9.41. The van der Waals surface area contributed by atoms with Gasteiger partial charge in [0.25, 0.3) is 0 Å². The Morgan fingerprint density at radius 1 is 1.10 bits per heavy atom. The van der Waals surface area contributed by atoms with Crippen LogP contribution in [0.15, 0.2) is 54.6 Å². The predicted octanol–water partition coefficient (Wildman–Crippen LogP) is 4.84. The minimum atomic E-state index is -0.329. The average Bonchev–Trinajstić information content (AvgIpc) is 3.42. The van der Waals surface area contributed by atoms with Crippen LogP contribution in [0.25, 0.3) is 5.57 Å². The van der Waals surface area contributed by atoms with Crippen molar-refractivity contribution >= 4 is 5.57 Å². The summed E-state index contributed by atoms with van der Waals surface area (Å²) in [6.45, 7) is 4.97. The highest BCUT2D eigenvalue weighted by atomic mass is 16.3. The maximum atomic E-state index is 10.5. The molecule has 5 nitrogen and oxygen atoms in total. The zero-order valence-corrected chi connectivity index (χ0v) is 18.5. The summed E-state index contributed by atoms with van der Waals surface area (Å²) in [5.41, 5.74) is 4.55. The van der Waals surface area contributed by atoms with Gasteiger partial charge in [-0.3, -0.25) is 4.98 Å². The molecule has 7 unspecified atom stereocenters. The van der Waals surface area contributed by atoms with E-state index in [2.05, 4.69) is 58.1 Å². The van der Waals surface area contributed by atoms with Gasteiger partial charge in [0.05, 0.1) is 18.3 Å². The van der Waals surface area contributed by atoms with Gasteiger partial charge in [-0.25, -0.2) is 4.68 Å². The quantitative estimate of drug-likeness (QED) is 0.712. The minimum absolute atomic E-state index is 0.136. The van der Waals surface area contributed by atoms with Crippen LogP contribution in [0, 0.1) is 28.6 Å². The van der Waals surface area contributed by atoms with Crippen molar-refractivity contribution in [3.05, 3.63) is 60.2 Å².